The summed E-state index contributed by atoms with van der Waals surface area (Å²) in [6.07, 6.45) is 0. The van der Waals surface area contributed by atoms with Crippen LogP contribution >= 0.6 is 11.3 Å². The van der Waals surface area contributed by atoms with E-state index in [1.165, 1.54) is 6.92 Å². The number of esters is 1. The summed E-state index contributed by atoms with van der Waals surface area (Å²) in [4.78, 5) is 36.6. The molecule has 2 amide bonds. The van der Waals surface area contributed by atoms with Gasteiger partial charge in [-0.1, -0.05) is 6.58 Å². The summed E-state index contributed by atoms with van der Waals surface area (Å²) < 4.78 is 5.08. The third-order valence-corrected chi connectivity index (χ3v) is 4.96. The van der Waals surface area contributed by atoms with Gasteiger partial charge in [0.15, 0.2) is 0 Å². The predicted molar refractivity (Wildman–Crippen MR) is 110 cm³/mol. The first-order valence-electron chi connectivity index (χ1n) is 8.43. The van der Waals surface area contributed by atoms with E-state index in [9.17, 15) is 14.4 Å². The molecule has 0 unspecified atom stereocenters. The van der Waals surface area contributed by atoms with Gasteiger partial charge < -0.3 is 15.8 Å². The Bertz CT molecular complexity index is 919. The Hall–Kier alpha value is -3.33. The van der Waals surface area contributed by atoms with Gasteiger partial charge in [-0.15, -0.1) is 11.3 Å². The maximum Gasteiger partial charge on any atom is 0.341 e. The highest BCUT2D eigenvalue weighted by molar-refractivity contribution is 7.18. The molecule has 148 valence electrons. The van der Waals surface area contributed by atoms with E-state index in [2.05, 4.69) is 22.7 Å². The summed E-state index contributed by atoms with van der Waals surface area (Å²) in [5, 5.41) is 3.00. The fourth-order valence-electron chi connectivity index (χ4n) is 2.39. The highest BCUT2D eigenvalue weighted by Gasteiger charge is 2.24. The zero-order valence-electron chi connectivity index (χ0n) is 15.8. The van der Waals surface area contributed by atoms with Gasteiger partial charge in [-0.25, -0.2) is 4.79 Å². The van der Waals surface area contributed by atoms with Gasteiger partial charge in [-0.3, -0.25) is 20.4 Å². The Labute approximate surface area is 166 Å². The second-order valence-electron chi connectivity index (χ2n) is 5.84. The lowest BCUT2D eigenvalue weighted by Crippen LogP contribution is -2.35. The number of benzene rings is 1. The second kappa shape index (κ2) is 9.05. The summed E-state index contributed by atoms with van der Waals surface area (Å²) in [5.41, 5.74) is 13.1. The molecule has 0 saturated carbocycles. The number of nitrogen functional groups attached to an aromatic ring is 1. The minimum atomic E-state index is -0.537. The standard InChI is InChI=1S/C19H22N4O4S/c1-5-27-19(26)15-10(2)16(28-18(15)21-12(4)24)11(3)22-23-17(25)13-6-8-14(20)9-7-13/h6-9,22H,3,5,20H2,1-2,4H3,(H,21,24)(H,23,25). The van der Waals surface area contributed by atoms with Crippen molar-refractivity contribution in [2.24, 2.45) is 0 Å². The normalized spacial score (nSPS) is 10.1. The Morgan fingerprint density at radius 1 is 1.18 bits per heavy atom. The van der Waals surface area contributed by atoms with Crippen molar-refractivity contribution in [1.82, 2.24) is 10.9 Å². The molecule has 0 spiro atoms. The molecule has 0 bridgehead atoms. The van der Waals surface area contributed by atoms with Crippen molar-refractivity contribution in [2.45, 2.75) is 20.8 Å². The molecule has 1 heterocycles. The maximum atomic E-state index is 12.3. The maximum absolute atomic E-state index is 12.3. The van der Waals surface area contributed by atoms with E-state index < -0.39 is 5.97 Å². The number of hydrogen-bond donors (Lipinski definition) is 4. The first-order valence-corrected chi connectivity index (χ1v) is 9.25. The lowest BCUT2D eigenvalue weighted by molar-refractivity contribution is -0.114. The molecule has 9 heteroatoms. The van der Waals surface area contributed by atoms with Crippen molar-refractivity contribution in [1.29, 1.82) is 0 Å². The fourth-order valence-corrected chi connectivity index (χ4v) is 3.56. The number of amides is 2. The Morgan fingerprint density at radius 2 is 1.82 bits per heavy atom. The van der Waals surface area contributed by atoms with E-state index in [-0.39, 0.29) is 24.0 Å². The van der Waals surface area contributed by atoms with Gasteiger partial charge in [0.1, 0.15) is 5.00 Å². The molecule has 2 aromatic rings. The van der Waals surface area contributed by atoms with Crippen LogP contribution in [-0.2, 0) is 9.53 Å². The molecular formula is C19H22N4O4S. The first-order chi connectivity index (χ1) is 13.2. The molecule has 0 aliphatic rings. The number of nitrogens with one attached hydrogen (secondary N) is 3. The van der Waals surface area contributed by atoms with Crippen LogP contribution in [0.2, 0.25) is 0 Å². The molecule has 2 rings (SSSR count). The van der Waals surface area contributed by atoms with Crippen molar-refractivity contribution in [3.63, 3.8) is 0 Å². The number of rotatable bonds is 7. The van der Waals surface area contributed by atoms with E-state index >= 15 is 0 Å². The summed E-state index contributed by atoms with van der Waals surface area (Å²) >= 11 is 1.16. The SMILES string of the molecule is C=C(NNC(=O)c1ccc(N)cc1)c1sc(NC(C)=O)c(C(=O)OCC)c1C. The highest BCUT2D eigenvalue weighted by Crippen LogP contribution is 2.36. The highest BCUT2D eigenvalue weighted by atomic mass is 32.1. The largest absolute Gasteiger partial charge is 0.462 e. The number of hydrazine groups is 1. The van der Waals surface area contributed by atoms with Gasteiger partial charge in [0, 0.05) is 18.2 Å². The van der Waals surface area contributed by atoms with Crippen LogP contribution in [0.3, 0.4) is 0 Å². The number of carbonyl (C=O) groups excluding carboxylic acids is 3. The number of anilines is 2. The van der Waals surface area contributed by atoms with E-state index in [0.717, 1.165) is 11.3 Å². The van der Waals surface area contributed by atoms with Gasteiger partial charge in [-0.2, -0.15) is 0 Å². The molecule has 8 nitrogen and oxygen atoms in total. The third-order valence-electron chi connectivity index (χ3n) is 3.69. The van der Waals surface area contributed by atoms with Gasteiger partial charge in [0.05, 0.1) is 22.7 Å². The monoisotopic (exact) mass is 402 g/mol. The number of hydrogen-bond acceptors (Lipinski definition) is 7. The van der Waals surface area contributed by atoms with Crippen LogP contribution in [0, 0.1) is 6.92 Å². The average molecular weight is 402 g/mol. The summed E-state index contributed by atoms with van der Waals surface area (Å²) in [7, 11) is 0. The zero-order chi connectivity index (χ0) is 20.8. The van der Waals surface area contributed by atoms with Crippen molar-refractivity contribution >= 4 is 45.5 Å². The van der Waals surface area contributed by atoms with Gasteiger partial charge in [0.25, 0.3) is 5.91 Å². The summed E-state index contributed by atoms with van der Waals surface area (Å²) in [6.45, 7) is 8.88. The van der Waals surface area contributed by atoms with Crippen molar-refractivity contribution in [3.8, 4) is 0 Å². The van der Waals surface area contributed by atoms with E-state index in [1.54, 1.807) is 38.1 Å². The molecule has 0 saturated heterocycles. The van der Waals surface area contributed by atoms with Gasteiger partial charge in [0.2, 0.25) is 5.91 Å². The molecule has 5 N–H and O–H groups in total. The molecular weight excluding hydrogens is 380 g/mol. The zero-order valence-corrected chi connectivity index (χ0v) is 16.7. The molecule has 0 aliphatic heterocycles. The van der Waals surface area contributed by atoms with Crippen molar-refractivity contribution < 1.29 is 19.1 Å². The third kappa shape index (κ3) is 4.89. The van der Waals surface area contributed by atoms with Gasteiger partial charge in [-0.05, 0) is 43.7 Å². The lowest BCUT2D eigenvalue weighted by atomic mass is 10.1. The predicted octanol–water partition coefficient (Wildman–Crippen LogP) is 2.68. The lowest BCUT2D eigenvalue weighted by Gasteiger charge is -2.11. The number of nitrogens with two attached hydrogens (primary N) is 1. The Kier molecular flexibility index (Phi) is 6.78. The van der Waals surface area contributed by atoms with Crippen LogP contribution in [0.4, 0.5) is 10.7 Å². The summed E-state index contributed by atoms with van der Waals surface area (Å²) in [6, 6.07) is 6.44. The van der Waals surface area contributed by atoms with Crippen LogP contribution in [0.5, 0.6) is 0 Å². The Morgan fingerprint density at radius 3 is 2.39 bits per heavy atom. The molecule has 28 heavy (non-hydrogen) atoms. The number of carbonyl (C=O) groups is 3. The van der Waals surface area contributed by atoms with E-state index in [1.807, 2.05) is 0 Å². The van der Waals surface area contributed by atoms with Gasteiger partial charge >= 0.3 is 5.97 Å². The van der Waals surface area contributed by atoms with E-state index in [0.29, 0.717) is 32.4 Å². The quantitative estimate of drug-likeness (QED) is 0.321. The number of ether oxygens (including phenoxy) is 1. The topological polar surface area (TPSA) is 123 Å². The van der Waals surface area contributed by atoms with E-state index in [4.69, 9.17) is 10.5 Å². The molecule has 0 atom stereocenters. The van der Waals surface area contributed by atoms with Crippen LogP contribution in [0.15, 0.2) is 30.8 Å². The molecule has 0 fully saturated rings. The Balaban J connectivity index is 2.20. The number of thiophene rings is 1. The van der Waals surface area contributed by atoms with Crippen LogP contribution < -0.4 is 21.9 Å². The molecule has 0 radical (unpaired) electrons. The second-order valence-corrected chi connectivity index (χ2v) is 6.86. The minimum absolute atomic E-state index is 0.208. The van der Waals surface area contributed by atoms with Crippen molar-refractivity contribution in [2.75, 3.05) is 17.7 Å². The van der Waals surface area contributed by atoms with Crippen molar-refractivity contribution in [3.05, 3.63) is 52.4 Å². The summed E-state index contributed by atoms with van der Waals surface area (Å²) in [5.74, 6) is -1.22. The van der Waals surface area contributed by atoms with Crippen LogP contribution in [0.1, 0.15) is 45.0 Å². The molecule has 0 aliphatic carbocycles. The fraction of sp³-hybridized carbons (Fsp3) is 0.211. The smallest absolute Gasteiger partial charge is 0.341 e. The first kappa shape index (κ1) is 21.0. The van der Waals surface area contributed by atoms with Crippen LogP contribution in [-0.4, -0.2) is 24.4 Å². The molecule has 1 aromatic heterocycles. The molecule has 1 aromatic carbocycles. The average Bonchev–Trinajstić information content (AvgIpc) is 2.95. The van der Waals surface area contributed by atoms with Crippen LogP contribution in [0.25, 0.3) is 5.70 Å². The minimum Gasteiger partial charge on any atom is -0.462 e.